The molecule has 1 saturated heterocycles. The molecule has 1 unspecified atom stereocenters. The number of nitrogens with one attached hydrogen (secondary N) is 3. The molecule has 1 fully saturated rings. The third-order valence-corrected chi connectivity index (χ3v) is 7.98. The molecule has 3 aromatic rings. The van der Waals surface area contributed by atoms with Crippen molar-refractivity contribution in [3.63, 3.8) is 0 Å². The molecule has 224 valence electrons. The molecule has 1 atom stereocenters. The fraction of sp³-hybridized carbons (Fsp3) is 0.321. The predicted octanol–water partition coefficient (Wildman–Crippen LogP) is 5.54. The zero-order chi connectivity index (χ0) is 30.4. The summed E-state index contributed by atoms with van der Waals surface area (Å²) >= 11 is 4.76. The van der Waals surface area contributed by atoms with Gasteiger partial charge in [-0.3, -0.25) is 0 Å². The minimum Gasteiger partial charge on any atom is -0.588 e. The molecule has 42 heavy (non-hydrogen) atoms. The van der Waals surface area contributed by atoms with E-state index in [2.05, 4.69) is 29.8 Å². The van der Waals surface area contributed by atoms with Gasteiger partial charge in [0.15, 0.2) is 0 Å². The zero-order valence-electron chi connectivity index (χ0n) is 23.3. The van der Waals surface area contributed by atoms with Crippen LogP contribution in [0, 0.1) is 12.3 Å². The number of hydrogen-bond donors (Lipinski definition) is 3. The summed E-state index contributed by atoms with van der Waals surface area (Å²) < 4.78 is 63.5. The molecule has 0 radical (unpaired) electrons. The summed E-state index contributed by atoms with van der Waals surface area (Å²) in [6.45, 7) is 4.85. The van der Waals surface area contributed by atoms with Crippen LogP contribution in [0.5, 0.6) is 11.6 Å². The molecule has 14 heteroatoms. The molecule has 1 aromatic heterocycles. The molecule has 0 aliphatic carbocycles. The van der Waals surface area contributed by atoms with Crippen LogP contribution in [0.3, 0.4) is 0 Å². The number of alkyl halides is 3. The highest BCUT2D eigenvalue weighted by Gasteiger charge is 2.34. The maximum atomic E-state index is 14.0. The Hall–Kier alpha value is -3.52. The van der Waals surface area contributed by atoms with Crippen molar-refractivity contribution < 1.29 is 22.5 Å². The average molecular weight is 622 g/mol. The van der Waals surface area contributed by atoms with Crippen molar-refractivity contribution in [1.82, 2.24) is 20.2 Å². The Morgan fingerprint density at radius 2 is 1.86 bits per heavy atom. The highest BCUT2D eigenvalue weighted by Crippen LogP contribution is 2.41. The van der Waals surface area contributed by atoms with E-state index in [4.69, 9.17) is 21.7 Å². The second-order valence-corrected chi connectivity index (χ2v) is 11.2. The highest BCUT2D eigenvalue weighted by molar-refractivity contribution is 7.97. The van der Waals surface area contributed by atoms with Crippen molar-refractivity contribution in [3.05, 3.63) is 69.7 Å². The zero-order valence-corrected chi connectivity index (χ0v) is 24.8. The van der Waals surface area contributed by atoms with Crippen LogP contribution < -0.4 is 19.7 Å². The van der Waals surface area contributed by atoms with E-state index in [9.17, 15) is 17.7 Å². The van der Waals surface area contributed by atoms with E-state index in [-0.39, 0.29) is 38.8 Å². The third-order valence-electron chi connectivity index (χ3n) is 6.57. The molecule has 1 aliphatic heterocycles. The Labute approximate surface area is 250 Å². The summed E-state index contributed by atoms with van der Waals surface area (Å²) in [5.74, 6) is -0.512. The first kappa shape index (κ1) is 31.4. The van der Waals surface area contributed by atoms with Gasteiger partial charge in [-0.15, -0.1) is 0 Å². The maximum absolute atomic E-state index is 14.0. The molecule has 4 rings (SSSR count). The smallest absolute Gasteiger partial charge is 0.393 e. The van der Waals surface area contributed by atoms with E-state index < -0.39 is 24.0 Å². The number of anilines is 2. The van der Waals surface area contributed by atoms with Crippen LogP contribution in [0.1, 0.15) is 11.1 Å². The van der Waals surface area contributed by atoms with E-state index in [0.29, 0.717) is 16.8 Å². The molecule has 1 aliphatic rings. The lowest BCUT2D eigenvalue weighted by Gasteiger charge is -2.34. The number of aryl methyl sites for hydroxylation is 1. The van der Waals surface area contributed by atoms with E-state index in [1.165, 1.54) is 6.20 Å². The van der Waals surface area contributed by atoms with Gasteiger partial charge < -0.3 is 29.8 Å². The van der Waals surface area contributed by atoms with Gasteiger partial charge in [-0.05, 0) is 31.7 Å². The van der Waals surface area contributed by atoms with E-state index in [1.54, 1.807) is 50.4 Å². The fourth-order valence-corrected chi connectivity index (χ4v) is 5.41. The van der Waals surface area contributed by atoms with Gasteiger partial charge in [0, 0.05) is 38.8 Å². The largest absolute Gasteiger partial charge is 0.588 e. The molecule has 0 bridgehead atoms. The van der Waals surface area contributed by atoms with Crippen LogP contribution in [0.2, 0.25) is 5.02 Å². The Morgan fingerprint density at radius 3 is 2.50 bits per heavy atom. The first-order chi connectivity index (χ1) is 20.0. The number of aromatic nitrogens is 2. The summed E-state index contributed by atoms with van der Waals surface area (Å²) in [6.07, 6.45) is -3.78. The molecule has 0 spiro atoms. The molecule has 3 N–H and O–H groups in total. The van der Waals surface area contributed by atoms with Crippen molar-refractivity contribution in [2.24, 2.45) is 0 Å². The highest BCUT2D eigenvalue weighted by atomic mass is 35.5. The van der Waals surface area contributed by atoms with Crippen LogP contribution in [0.25, 0.3) is 11.3 Å². The minimum atomic E-state index is -4.62. The number of nitrogens with zero attached hydrogens (tertiary/aromatic N) is 4. The summed E-state index contributed by atoms with van der Waals surface area (Å²) in [6, 6.07) is 12.0. The molecule has 2 aromatic carbocycles. The third kappa shape index (κ3) is 7.65. The molecular formula is C28H31ClF3N7O2S. The number of hydrogen-bond acceptors (Lipinski definition) is 9. The molecule has 0 amide bonds. The Balaban J connectivity index is 1.85. The number of ether oxygens (including phenoxy) is 1. The number of likely N-dealkylation sites (N-methyl/N-ethyl adjacent to an activating group) is 1. The molecule has 0 saturated carbocycles. The summed E-state index contributed by atoms with van der Waals surface area (Å²) in [7, 11) is 3.60. The van der Waals surface area contributed by atoms with Gasteiger partial charge >= 0.3 is 6.18 Å². The SMILES string of the molecule is CN/C=C(\C=N)[S+]([O-])Nc1nc(Oc2cccc(N3CCN(C)CC3)c2Cl)c(CC(F)(F)F)c(-c2ccccc2C)n1. The average Bonchev–Trinajstić information content (AvgIpc) is 2.94. The standard InChI is InChI=1S/C28H31ClF3N7O2S/c1-18-7-4-5-8-20(18)25-21(15-28(30,31)32)26(36-27(35-25)37-42(40)19(16-33)17-34-2)41-23-10-6-9-22(24(23)29)39-13-11-38(3)12-14-39/h4-10,16-17,33-34H,11-15H2,1-3H3,(H,35,36,37)/b19-17+,33-16?. The number of allylic oxidation sites excluding steroid dienone is 1. The van der Waals surface area contributed by atoms with Crippen molar-refractivity contribution >= 4 is 40.8 Å². The predicted molar refractivity (Wildman–Crippen MR) is 161 cm³/mol. The molecular weight excluding hydrogens is 591 g/mol. The van der Waals surface area contributed by atoms with Crippen LogP contribution >= 0.6 is 11.6 Å². The van der Waals surface area contributed by atoms with Gasteiger partial charge in [0.2, 0.25) is 10.8 Å². The summed E-state index contributed by atoms with van der Waals surface area (Å²) in [4.78, 5) is 12.9. The first-order valence-electron chi connectivity index (χ1n) is 13.0. The fourth-order valence-electron chi connectivity index (χ4n) is 4.42. The van der Waals surface area contributed by atoms with Crippen LogP contribution in [0.4, 0.5) is 24.8 Å². The van der Waals surface area contributed by atoms with E-state index in [0.717, 1.165) is 32.4 Å². The van der Waals surface area contributed by atoms with Gasteiger partial charge in [-0.2, -0.15) is 22.9 Å². The van der Waals surface area contributed by atoms with Crippen LogP contribution in [-0.4, -0.2) is 72.1 Å². The monoisotopic (exact) mass is 621 g/mol. The van der Waals surface area contributed by atoms with Crippen molar-refractivity contribution in [3.8, 4) is 22.9 Å². The second-order valence-electron chi connectivity index (χ2n) is 9.62. The van der Waals surface area contributed by atoms with E-state index >= 15 is 0 Å². The van der Waals surface area contributed by atoms with Crippen LogP contribution in [-0.2, 0) is 17.8 Å². The topological polar surface area (TPSA) is 112 Å². The normalized spacial score (nSPS) is 15.3. The quantitative estimate of drug-likeness (QED) is 0.200. The van der Waals surface area contributed by atoms with Gasteiger partial charge in [-0.1, -0.05) is 41.9 Å². The van der Waals surface area contributed by atoms with Crippen molar-refractivity contribution in [1.29, 1.82) is 5.41 Å². The van der Waals surface area contributed by atoms with Gasteiger partial charge in [0.25, 0.3) is 5.95 Å². The Kier molecular flexibility index (Phi) is 10.2. The second kappa shape index (κ2) is 13.6. The number of benzene rings is 2. The van der Waals surface area contributed by atoms with Gasteiger partial charge in [-0.25, -0.2) is 4.98 Å². The Bertz CT molecular complexity index is 1450. The van der Waals surface area contributed by atoms with Gasteiger partial charge in [0.1, 0.15) is 22.1 Å². The maximum Gasteiger partial charge on any atom is 0.393 e. The summed E-state index contributed by atoms with van der Waals surface area (Å²) in [5.41, 5.74) is 1.46. The van der Waals surface area contributed by atoms with Crippen LogP contribution in [0.15, 0.2) is 53.6 Å². The number of rotatable bonds is 10. The molecule has 2 heterocycles. The number of halogens is 4. The van der Waals surface area contributed by atoms with E-state index in [1.807, 2.05) is 13.1 Å². The first-order valence-corrected chi connectivity index (χ1v) is 14.5. The lowest BCUT2D eigenvalue weighted by molar-refractivity contribution is -0.127. The van der Waals surface area contributed by atoms with Crippen molar-refractivity contribution in [2.45, 2.75) is 19.5 Å². The molecule has 9 nitrogen and oxygen atoms in total. The Morgan fingerprint density at radius 1 is 1.14 bits per heavy atom. The summed E-state index contributed by atoms with van der Waals surface area (Å²) in [5, 5.41) is 10.5. The lowest BCUT2D eigenvalue weighted by atomic mass is 10.00. The minimum absolute atomic E-state index is 0.0322. The van der Waals surface area contributed by atoms with Gasteiger partial charge in [0.05, 0.1) is 35.8 Å². The lowest BCUT2D eigenvalue weighted by Crippen LogP contribution is -2.44. The van der Waals surface area contributed by atoms with Crippen molar-refractivity contribution in [2.75, 3.05) is 49.9 Å². The number of piperazine rings is 1.